The highest BCUT2D eigenvalue weighted by molar-refractivity contribution is 6.30. The summed E-state index contributed by atoms with van der Waals surface area (Å²) in [6, 6.07) is 10.9. The van der Waals surface area contributed by atoms with E-state index in [1.807, 2.05) is 12.1 Å². The van der Waals surface area contributed by atoms with E-state index in [9.17, 15) is 4.79 Å². The third-order valence-electron chi connectivity index (χ3n) is 5.75. The molecule has 0 unspecified atom stereocenters. The molecular weight excluding hydrogens is 488 g/mol. The van der Waals surface area contributed by atoms with Crippen molar-refractivity contribution < 1.29 is 28.2 Å². The van der Waals surface area contributed by atoms with Crippen molar-refractivity contribution in [2.75, 3.05) is 21.3 Å². The van der Waals surface area contributed by atoms with Crippen molar-refractivity contribution in [2.45, 2.75) is 31.5 Å². The number of nitrogens with two attached hydrogens (primary N) is 1. The van der Waals surface area contributed by atoms with E-state index in [4.69, 9.17) is 41.1 Å². The fourth-order valence-corrected chi connectivity index (χ4v) is 4.19. The van der Waals surface area contributed by atoms with Gasteiger partial charge in [0.15, 0.2) is 17.4 Å². The molecule has 3 N–H and O–H groups in total. The molecule has 0 amide bonds. The Morgan fingerprint density at radius 3 is 2.72 bits per heavy atom. The van der Waals surface area contributed by atoms with E-state index in [-0.39, 0.29) is 18.8 Å². The molecule has 1 aromatic heterocycles. The molecule has 11 heteroatoms. The lowest BCUT2D eigenvalue weighted by atomic mass is 9.98. The van der Waals surface area contributed by atoms with Crippen LogP contribution < -0.4 is 20.7 Å². The number of fused-ring (bicyclic) bond motifs is 1. The van der Waals surface area contributed by atoms with Gasteiger partial charge in [-0.1, -0.05) is 23.7 Å². The number of aromatic nitrogens is 1. The second kappa shape index (κ2) is 11.4. The van der Waals surface area contributed by atoms with Crippen LogP contribution in [-0.2, 0) is 27.1 Å². The maximum atomic E-state index is 11.5. The number of ether oxygens (including phenoxy) is 4. The van der Waals surface area contributed by atoms with E-state index < -0.39 is 12.2 Å². The van der Waals surface area contributed by atoms with Crippen LogP contribution >= 0.6 is 11.6 Å². The fraction of sp³-hybridized carbons (Fsp3) is 0.320. The number of methoxy groups -OCH3 is 3. The van der Waals surface area contributed by atoms with E-state index in [0.717, 1.165) is 11.1 Å². The summed E-state index contributed by atoms with van der Waals surface area (Å²) in [5, 5.41) is 0.531. The van der Waals surface area contributed by atoms with Crippen molar-refractivity contribution in [1.82, 2.24) is 10.4 Å². The van der Waals surface area contributed by atoms with Gasteiger partial charge in [0.05, 0.1) is 46.1 Å². The lowest BCUT2D eigenvalue weighted by molar-refractivity contribution is -0.140. The molecule has 2 heterocycles. The van der Waals surface area contributed by atoms with Crippen molar-refractivity contribution in [3.05, 3.63) is 70.4 Å². The highest BCUT2D eigenvalue weighted by atomic mass is 35.5. The van der Waals surface area contributed by atoms with Gasteiger partial charge < -0.3 is 28.8 Å². The fourth-order valence-electron chi connectivity index (χ4n) is 4.01. The number of rotatable bonds is 8. The van der Waals surface area contributed by atoms with Gasteiger partial charge in [-0.15, -0.1) is 0 Å². The highest BCUT2D eigenvalue weighted by Gasteiger charge is 2.33. The summed E-state index contributed by atoms with van der Waals surface area (Å²) in [5.41, 5.74) is 4.75. The van der Waals surface area contributed by atoms with Gasteiger partial charge in [0.1, 0.15) is 23.8 Å². The Balaban J connectivity index is 1.71. The number of carbonyl (C=O) groups excluding carboxylic acids is 1. The molecule has 1 aliphatic heterocycles. The van der Waals surface area contributed by atoms with Crippen LogP contribution in [0.15, 0.2) is 52.0 Å². The Labute approximate surface area is 213 Å². The molecule has 0 bridgehead atoms. The minimum absolute atomic E-state index is 0.190. The third kappa shape index (κ3) is 5.46. The van der Waals surface area contributed by atoms with Gasteiger partial charge in [0.25, 0.3) is 0 Å². The maximum Gasteiger partial charge on any atom is 0.305 e. The number of hydrogen-bond donors (Lipinski definition) is 2. The first-order chi connectivity index (χ1) is 17.5. The normalized spacial score (nSPS) is 17.0. The van der Waals surface area contributed by atoms with Gasteiger partial charge in [-0.05, 0) is 24.3 Å². The molecule has 190 valence electrons. The summed E-state index contributed by atoms with van der Waals surface area (Å²) in [6.45, 7) is 0. The van der Waals surface area contributed by atoms with Gasteiger partial charge in [0.2, 0.25) is 0 Å². The first-order valence-electron chi connectivity index (χ1n) is 11.2. The molecule has 0 fully saturated rings. The predicted octanol–water partition coefficient (Wildman–Crippen LogP) is 3.68. The maximum absolute atomic E-state index is 11.5. The Bertz CT molecular complexity index is 1260. The van der Waals surface area contributed by atoms with E-state index >= 15 is 0 Å². The lowest BCUT2D eigenvalue weighted by Crippen LogP contribution is -2.41. The lowest BCUT2D eigenvalue weighted by Gasteiger charge is -2.25. The Morgan fingerprint density at radius 2 is 2.00 bits per heavy atom. The Morgan fingerprint density at radius 1 is 1.17 bits per heavy atom. The second-order valence-electron chi connectivity index (χ2n) is 7.93. The highest BCUT2D eigenvalue weighted by Crippen LogP contribution is 2.44. The number of oxazole rings is 1. The quantitative estimate of drug-likeness (QED) is 0.262. The zero-order chi connectivity index (χ0) is 25.7. The molecular formula is C25H27ClN4O6. The zero-order valence-electron chi connectivity index (χ0n) is 20.1. The third-order valence-corrected chi connectivity index (χ3v) is 5.98. The number of nitrogens with one attached hydrogen (secondary N) is 1. The van der Waals surface area contributed by atoms with Crippen LogP contribution in [-0.4, -0.2) is 44.2 Å². The number of hydrazine groups is 1. The first kappa shape index (κ1) is 25.5. The van der Waals surface area contributed by atoms with Gasteiger partial charge in [-0.25, -0.2) is 15.8 Å². The number of aliphatic imine (C=N–C) groups is 1. The number of halogens is 1. The monoisotopic (exact) mass is 514 g/mol. The number of amidine groups is 1. The minimum Gasteiger partial charge on any atom is -0.493 e. The number of para-hydroxylation sites is 1. The summed E-state index contributed by atoms with van der Waals surface area (Å²) >= 11 is 6.36. The Hall–Kier alpha value is -3.60. The molecule has 0 aliphatic carbocycles. The second-order valence-corrected chi connectivity index (χ2v) is 8.37. The smallest absolute Gasteiger partial charge is 0.305 e. The minimum atomic E-state index is -0.658. The van der Waals surface area contributed by atoms with Crippen molar-refractivity contribution >= 4 is 29.1 Å². The van der Waals surface area contributed by atoms with Crippen LogP contribution in [0.3, 0.4) is 0 Å². The first-order valence-corrected chi connectivity index (χ1v) is 11.6. The molecule has 2 atom stereocenters. The van der Waals surface area contributed by atoms with Gasteiger partial charge >= 0.3 is 5.97 Å². The van der Waals surface area contributed by atoms with Crippen LogP contribution in [0.2, 0.25) is 5.02 Å². The van der Waals surface area contributed by atoms with Gasteiger partial charge in [-0.3, -0.25) is 4.79 Å². The number of aryl methyl sites for hydroxylation is 1. The van der Waals surface area contributed by atoms with Crippen LogP contribution in [0.4, 0.5) is 5.69 Å². The molecule has 3 aromatic rings. The largest absolute Gasteiger partial charge is 0.493 e. The number of benzene rings is 2. The van der Waals surface area contributed by atoms with Gasteiger partial charge in [0, 0.05) is 22.6 Å². The molecule has 36 heavy (non-hydrogen) atoms. The van der Waals surface area contributed by atoms with E-state index in [1.165, 1.54) is 7.11 Å². The standard InChI is InChI=1S/C25H27ClN4O6/c1-32-19-6-4-5-16(24(19)34-3)23-17-11-14(26)7-9-18(17)29-25(30-27)20(36-23)12-21-28-13-15(35-21)8-10-22(31)33-2/h4-7,9,11,13,20,23H,8,10,12,27H2,1-3H3,(H,29,30)/t20-,23-/m1/s1. The molecule has 0 radical (unpaired) electrons. The number of hydrogen-bond acceptors (Lipinski definition) is 10. The number of carbonyl (C=O) groups is 1. The van der Waals surface area contributed by atoms with Gasteiger partial charge in [-0.2, -0.15) is 0 Å². The summed E-state index contributed by atoms with van der Waals surface area (Å²) in [5.74, 6) is 7.97. The summed E-state index contributed by atoms with van der Waals surface area (Å²) in [7, 11) is 4.49. The van der Waals surface area contributed by atoms with E-state index in [1.54, 1.807) is 44.7 Å². The van der Waals surface area contributed by atoms with Crippen molar-refractivity contribution in [1.29, 1.82) is 0 Å². The van der Waals surface area contributed by atoms with Crippen LogP contribution in [0, 0.1) is 0 Å². The van der Waals surface area contributed by atoms with Crippen LogP contribution in [0.5, 0.6) is 11.5 Å². The molecule has 0 saturated heterocycles. The number of nitrogens with zero attached hydrogens (tertiary/aromatic N) is 2. The predicted molar refractivity (Wildman–Crippen MR) is 133 cm³/mol. The van der Waals surface area contributed by atoms with E-state index in [2.05, 4.69) is 15.1 Å². The average Bonchev–Trinajstić information content (AvgIpc) is 3.29. The van der Waals surface area contributed by atoms with Crippen molar-refractivity contribution in [2.24, 2.45) is 10.8 Å². The molecule has 4 rings (SSSR count). The Kier molecular flexibility index (Phi) is 8.09. The average molecular weight is 515 g/mol. The summed E-state index contributed by atoms with van der Waals surface area (Å²) < 4.78 is 28.3. The SMILES string of the molecule is COC(=O)CCc1cnc(C[C@H]2O[C@H](c3cccc(OC)c3OC)c3cc(Cl)ccc3N=C2NN)o1. The van der Waals surface area contributed by atoms with Crippen molar-refractivity contribution in [3.63, 3.8) is 0 Å². The topological polar surface area (TPSA) is 130 Å². The molecule has 0 spiro atoms. The molecule has 0 saturated carbocycles. The zero-order valence-corrected chi connectivity index (χ0v) is 20.9. The van der Waals surface area contributed by atoms with Crippen LogP contribution in [0.1, 0.15) is 35.3 Å². The molecule has 2 aromatic carbocycles. The van der Waals surface area contributed by atoms with Crippen LogP contribution in [0.25, 0.3) is 0 Å². The van der Waals surface area contributed by atoms with Crippen molar-refractivity contribution in [3.8, 4) is 11.5 Å². The molecule has 10 nitrogen and oxygen atoms in total. The summed E-state index contributed by atoms with van der Waals surface area (Å²) in [6.07, 6.45) is 1.08. The van der Waals surface area contributed by atoms with E-state index in [0.29, 0.717) is 46.1 Å². The molecule has 1 aliphatic rings. The number of esters is 1. The summed E-state index contributed by atoms with van der Waals surface area (Å²) in [4.78, 5) is 20.5.